The average Bonchev–Trinajstić information content (AvgIpc) is 2.84. The molecule has 106 valence electrons. The molecule has 0 spiro atoms. The van der Waals surface area contributed by atoms with Crippen LogP contribution in [0, 0.1) is 0 Å². The lowest BCUT2D eigenvalue weighted by molar-refractivity contribution is 0.386. The SMILES string of the molecule is COc1cc(CCl)ccc1S(=O)(=O)N1CCCC1C. The van der Waals surface area contributed by atoms with Crippen LogP contribution in [-0.4, -0.2) is 32.4 Å². The molecule has 1 atom stereocenters. The molecule has 1 aromatic carbocycles. The van der Waals surface area contributed by atoms with E-state index in [1.54, 1.807) is 22.5 Å². The monoisotopic (exact) mass is 303 g/mol. The second-order valence-electron chi connectivity index (χ2n) is 4.73. The number of nitrogens with zero attached hydrogens (tertiary/aromatic N) is 1. The van der Waals surface area contributed by atoms with E-state index in [2.05, 4.69) is 0 Å². The molecule has 0 amide bonds. The minimum Gasteiger partial charge on any atom is -0.495 e. The summed E-state index contributed by atoms with van der Waals surface area (Å²) >= 11 is 5.76. The minimum absolute atomic E-state index is 0.0439. The van der Waals surface area contributed by atoms with E-state index in [0.717, 1.165) is 18.4 Å². The van der Waals surface area contributed by atoms with Gasteiger partial charge in [-0.05, 0) is 37.5 Å². The van der Waals surface area contributed by atoms with Gasteiger partial charge in [-0.15, -0.1) is 11.6 Å². The summed E-state index contributed by atoms with van der Waals surface area (Å²) in [5.74, 6) is 0.689. The van der Waals surface area contributed by atoms with Gasteiger partial charge in [-0.3, -0.25) is 0 Å². The van der Waals surface area contributed by atoms with Crippen molar-refractivity contribution in [3.8, 4) is 5.75 Å². The first kappa shape index (κ1) is 14.6. The Morgan fingerprint density at radius 1 is 1.47 bits per heavy atom. The highest BCUT2D eigenvalue weighted by molar-refractivity contribution is 7.89. The van der Waals surface area contributed by atoms with Gasteiger partial charge in [0.1, 0.15) is 10.6 Å². The lowest BCUT2D eigenvalue weighted by Gasteiger charge is -2.22. The topological polar surface area (TPSA) is 46.6 Å². The number of rotatable bonds is 4. The third kappa shape index (κ3) is 2.73. The Kier molecular flexibility index (Phi) is 4.38. The molecule has 0 aromatic heterocycles. The molecule has 0 aliphatic carbocycles. The van der Waals surface area contributed by atoms with Gasteiger partial charge in [0.15, 0.2) is 0 Å². The maximum atomic E-state index is 12.6. The molecular weight excluding hydrogens is 286 g/mol. The molecule has 19 heavy (non-hydrogen) atoms. The number of halogens is 1. The van der Waals surface area contributed by atoms with E-state index in [0.29, 0.717) is 18.2 Å². The van der Waals surface area contributed by atoms with Crippen LogP contribution in [0.3, 0.4) is 0 Å². The molecule has 2 rings (SSSR count). The predicted octanol–water partition coefficient (Wildman–Crippen LogP) is 2.61. The number of hydrogen-bond acceptors (Lipinski definition) is 3. The van der Waals surface area contributed by atoms with Gasteiger partial charge in [0.25, 0.3) is 0 Å². The quantitative estimate of drug-likeness (QED) is 0.803. The van der Waals surface area contributed by atoms with Crippen LogP contribution in [0.15, 0.2) is 23.1 Å². The van der Waals surface area contributed by atoms with Crippen molar-refractivity contribution in [1.82, 2.24) is 4.31 Å². The van der Waals surface area contributed by atoms with E-state index in [1.165, 1.54) is 7.11 Å². The van der Waals surface area contributed by atoms with E-state index in [-0.39, 0.29) is 10.9 Å². The first-order chi connectivity index (χ1) is 9.00. The first-order valence-electron chi connectivity index (χ1n) is 6.25. The van der Waals surface area contributed by atoms with Crippen molar-refractivity contribution in [2.24, 2.45) is 0 Å². The molecule has 4 nitrogen and oxygen atoms in total. The third-order valence-corrected chi connectivity index (χ3v) is 5.82. The summed E-state index contributed by atoms with van der Waals surface area (Å²) in [6.07, 6.45) is 1.81. The zero-order valence-electron chi connectivity index (χ0n) is 11.1. The standard InChI is InChI=1S/C13H18ClNO3S/c1-10-4-3-7-15(10)19(16,17)13-6-5-11(9-14)8-12(13)18-2/h5-6,8,10H,3-4,7,9H2,1-2H3. The molecule has 0 radical (unpaired) electrons. The lowest BCUT2D eigenvalue weighted by Crippen LogP contribution is -2.33. The molecule has 0 saturated carbocycles. The highest BCUT2D eigenvalue weighted by Gasteiger charge is 2.34. The van der Waals surface area contributed by atoms with Crippen LogP contribution >= 0.6 is 11.6 Å². The van der Waals surface area contributed by atoms with Gasteiger partial charge in [0, 0.05) is 18.5 Å². The van der Waals surface area contributed by atoms with E-state index in [1.807, 2.05) is 6.92 Å². The van der Waals surface area contributed by atoms with Gasteiger partial charge in [0.2, 0.25) is 10.0 Å². The largest absolute Gasteiger partial charge is 0.495 e. The van der Waals surface area contributed by atoms with Gasteiger partial charge >= 0.3 is 0 Å². The van der Waals surface area contributed by atoms with Crippen LogP contribution in [0.4, 0.5) is 0 Å². The van der Waals surface area contributed by atoms with Crippen molar-refractivity contribution in [2.75, 3.05) is 13.7 Å². The van der Waals surface area contributed by atoms with E-state index in [4.69, 9.17) is 16.3 Å². The minimum atomic E-state index is -3.49. The second-order valence-corrected chi connectivity index (χ2v) is 6.85. The van der Waals surface area contributed by atoms with Gasteiger partial charge in [-0.1, -0.05) is 6.07 Å². The normalized spacial score (nSPS) is 20.7. The molecule has 1 saturated heterocycles. The van der Waals surface area contributed by atoms with Gasteiger partial charge in [-0.2, -0.15) is 4.31 Å². The summed E-state index contributed by atoms with van der Waals surface area (Å²) in [5, 5.41) is 0. The molecule has 0 N–H and O–H groups in total. The number of sulfonamides is 1. The van der Waals surface area contributed by atoms with Crippen LogP contribution in [0.25, 0.3) is 0 Å². The summed E-state index contributed by atoms with van der Waals surface area (Å²) in [7, 11) is -2.02. The fraction of sp³-hybridized carbons (Fsp3) is 0.538. The zero-order chi connectivity index (χ0) is 14.0. The Hall–Kier alpha value is -0.780. The third-order valence-electron chi connectivity index (χ3n) is 3.46. The summed E-state index contributed by atoms with van der Waals surface area (Å²) in [6.45, 7) is 2.51. The Balaban J connectivity index is 2.45. The van der Waals surface area contributed by atoms with Gasteiger partial charge in [-0.25, -0.2) is 8.42 Å². The Labute approximate surface area is 119 Å². The molecule has 1 heterocycles. The maximum Gasteiger partial charge on any atom is 0.246 e. The molecule has 1 aromatic rings. The van der Waals surface area contributed by atoms with E-state index < -0.39 is 10.0 Å². The van der Waals surface area contributed by atoms with Crippen molar-refractivity contribution in [2.45, 2.75) is 36.6 Å². The van der Waals surface area contributed by atoms with Crippen LogP contribution in [-0.2, 0) is 15.9 Å². The number of hydrogen-bond donors (Lipinski definition) is 0. The number of methoxy groups -OCH3 is 1. The summed E-state index contributed by atoms with van der Waals surface area (Å²) in [5.41, 5.74) is 0.840. The van der Waals surface area contributed by atoms with E-state index in [9.17, 15) is 8.42 Å². The lowest BCUT2D eigenvalue weighted by atomic mass is 10.2. The van der Waals surface area contributed by atoms with Crippen molar-refractivity contribution < 1.29 is 13.2 Å². The first-order valence-corrected chi connectivity index (χ1v) is 8.23. The molecule has 1 unspecified atom stereocenters. The van der Waals surface area contributed by atoms with Crippen molar-refractivity contribution >= 4 is 21.6 Å². The summed E-state index contributed by atoms with van der Waals surface area (Å²) in [4.78, 5) is 0.220. The van der Waals surface area contributed by atoms with Crippen LogP contribution in [0.2, 0.25) is 0 Å². The summed E-state index contributed by atoms with van der Waals surface area (Å²) in [6, 6.07) is 5.03. The van der Waals surface area contributed by atoms with Crippen molar-refractivity contribution in [3.63, 3.8) is 0 Å². The Morgan fingerprint density at radius 3 is 2.74 bits per heavy atom. The number of benzene rings is 1. The van der Waals surface area contributed by atoms with Gasteiger partial charge < -0.3 is 4.74 Å². The van der Waals surface area contributed by atoms with Crippen LogP contribution in [0.1, 0.15) is 25.3 Å². The number of ether oxygens (including phenoxy) is 1. The predicted molar refractivity (Wildman–Crippen MR) is 75.1 cm³/mol. The Bertz CT molecular complexity index is 559. The fourth-order valence-electron chi connectivity index (χ4n) is 2.40. The Morgan fingerprint density at radius 2 is 2.21 bits per heavy atom. The average molecular weight is 304 g/mol. The van der Waals surface area contributed by atoms with Crippen LogP contribution in [0.5, 0.6) is 5.75 Å². The highest BCUT2D eigenvalue weighted by Crippen LogP contribution is 2.32. The molecule has 6 heteroatoms. The summed E-state index contributed by atoms with van der Waals surface area (Å²) < 4.78 is 32.0. The molecule has 1 aliphatic heterocycles. The van der Waals surface area contributed by atoms with Crippen LogP contribution < -0.4 is 4.74 Å². The van der Waals surface area contributed by atoms with Crippen molar-refractivity contribution in [1.29, 1.82) is 0 Å². The molecule has 1 aliphatic rings. The smallest absolute Gasteiger partial charge is 0.246 e. The van der Waals surface area contributed by atoms with Gasteiger partial charge in [0.05, 0.1) is 7.11 Å². The second kappa shape index (κ2) is 5.69. The van der Waals surface area contributed by atoms with Crippen molar-refractivity contribution in [3.05, 3.63) is 23.8 Å². The highest BCUT2D eigenvalue weighted by atomic mass is 35.5. The maximum absolute atomic E-state index is 12.6. The zero-order valence-corrected chi connectivity index (χ0v) is 12.7. The number of alkyl halides is 1. The molecular formula is C13H18ClNO3S. The van der Waals surface area contributed by atoms with E-state index >= 15 is 0 Å². The molecule has 1 fully saturated rings. The molecule has 0 bridgehead atoms. The fourth-order valence-corrected chi connectivity index (χ4v) is 4.40.